The molecule has 1 fully saturated rings. The second kappa shape index (κ2) is 7.35. The molecule has 5 nitrogen and oxygen atoms in total. The second-order valence-electron chi connectivity index (χ2n) is 7.12. The molecule has 1 aliphatic rings. The van der Waals surface area contributed by atoms with Crippen molar-refractivity contribution in [2.24, 2.45) is 5.10 Å². The van der Waals surface area contributed by atoms with Crippen molar-refractivity contribution >= 4 is 17.2 Å². The molecule has 0 atom stereocenters. The molecule has 28 heavy (non-hydrogen) atoms. The van der Waals surface area contributed by atoms with E-state index in [0.717, 1.165) is 46.8 Å². The summed E-state index contributed by atoms with van der Waals surface area (Å²) in [5.41, 5.74) is 3.64. The highest BCUT2D eigenvalue weighted by atomic mass is 16.3. The highest BCUT2D eigenvalue weighted by Gasteiger charge is 2.16. The van der Waals surface area contributed by atoms with Crippen LogP contribution in [0.5, 0.6) is 0 Å². The third-order valence-electron chi connectivity index (χ3n) is 5.11. The molecule has 5 heteroatoms. The third-order valence-corrected chi connectivity index (χ3v) is 5.11. The van der Waals surface area contributed by atoms with Gasteiger partial charge in [0.15, 0.2) is 5.76 Å². The summed E-state index contributed by atoms with van der Waals surface area (Å²) in [4.78, 5) is 0. The standard InChI is InChI=1S/C23H22N4O/c1-3-10-20(11-4-1)27-17-19(16-24-26-13-7-2-8-14-26)23(25-27)22-15-18-9-5-6-12-21(18)28-22/h1,3-6,9-12,15-17H,2,7-8,13-14H2. The monoisotopic (exact) mass is 370 g/mol. The summed E-state index contributed by atoms with van der Waals surface area (Å²) in [6, 6.07) is 20.2. The van der Waals surface area contributed by atoms with E-state index in [9.17, 15) is 0 Å². The van der Waals surface area contributed by atoms with Gasteiger partial charge in [-0.05, 0) is 43.5 Å². The molecule has 0 aliphatic carbocycles. The van der Waals surface area contributed by atoms with Gasteiger partial charge in [-0.2, -0.15) is 10.2 Å². The molecule has 5 rings (SSSR count). The van der Waals surface area contributed by atoms with Crippen LogP contribution < -0.4 is 0 Å². The van der Waals surface area contributed by atoms with E-state index in [0.29, 0.717) is 0 Å². The van der Waals surface area contributed by atoms with E-state index >= 15 is 0 Å². The normalized spacial score (nSPS) is 14.9. The average molecular weight is 370 g/mol. The molecule has 0 N–H and O–H groups in total. The van der Waals surface area contributed by atoms with Gasteiger partial charge in [0.2, 0.25) is 0 Å². The number of benzene rings is 2. The molecule has 0 saturated carbocycles. The van der Waals surface area contributed by atoms with Gasteiger partial charge in [0.25, 0.3) is 0 Å². The van der Waals surface area contributed by atoms with Crippen LogP contribution in [0.15, 0.2) is 76.4 Å². The molecule has 1 aliphatic heterocycles. The average Bonchev–Trinajstić information content (AvgIpc) is 3.38. The minimum Gasteiger partial charge on any atom is -0.454 e. The Hall–Kier alpha value is -3.34. The maximum Gasteiger partial charge on any atom is 0.156 e. The summed E-state index contributed by atoms with van der Waals surface area (Å²) >= 11 is 0. The van der Waals surface area contributed by atoms with E-state index in [2.05, 4.69) is 11.1 Å². The Labute approximate surface area is 163 Å². The number of hydrazone groups is 1. The van der Waals surface area contributed by atoms with Crippen LogP contribution in [0, 0.1) is 0 Å². The van der Waals surface area contributed by atoms with Crippen molar-refractivity contribution in [3.8, 4) is 17.1 Å². The van der Waals surface area contributed by atoms with Crippen LogP contribution in [-0.2, 0) is 0 Å². The summed E-state index contributed by atoms with van der Waals surface area (Å²) < 4.78 is 7.97. The smallest absolute Gasteiger partial charge is 0.156 e. The Bertz CT molecular complexity index is 1070. The molecular weight excluding hydrogens is 348 g/mol. The Morgan fingerprint density at radius 3 is 2.54 bits per heavy atom. The SMILES string of the molecule is C(=NN1CCCCC1)c1cn(-c2ccccc2)nc1-c1cc2ccccc2o1. The molecule has 0 spiro atoms. The minimum absolute atomic E-state index is 0.760. The van der Waals surface area contributed by atoms with E-state index in [1.807, 2.05) is 71.7 Å². The molecule has 0 bridgehead atoms. The number of hydrogen-bond acceptors (Lipinski definition) is 4. The predicted molar refractivity (Wildman–Crippen MR) is 112 cm³/mol. The van der Waals surface area contributed by atoms with Gasteiger partial charge >= 0.3 is 0 Å². The first-order valence-electron chi connectivity index (χ1n) is 9.80. The Kier molecular flexibility index (Phi) is 4.41. The van der Waals surface area contributed by atoms with Gasteiger partial charge in [0.1, 0.15) is 11.3 Å². The maximum absolute atomic E-state index is 6.08. The molecule has 2 aromatic carbocycles. The number of para-hydroxylation sites is 2. The van der Waals surface area contributed by atoms with Gasteiger partial charge in [-0.25, -0.2) is 4.68 Å². The highest BCUT2D eigenvalue weighted by Crippen LogP contribution is 2.29. The number of fused-ring (bicyclic) bond motifs is 1. The van der Waals surface area contributed by atoms with Crippen molar-refractivity contribution in [1.29, 1.82) is 0 Å². The molecule has 2 aromatic heterocycles. The summed E-state index contributed by atoms with van der Waals surface area (Å²) in [6.07, 6.45) is 7.64. The number of rotatable bonds is 4. The van der Waals surface area contributed by atoms with Crippen molar-refractivity contribution in [2.45, 2.75) is 19.3 Å². The van der Waals surface area contributed by atoms with E-state index in [1.165, 1.54) is 19.3 Å². The zero-order valence-electron chi connectivity index (χ0n) is 15.7. The second-order valence-corrected chi connectivity index (χ2v) is 7.12. The van der Waals surface area contributed by atoms with E-state index in [-0.39, 0.29) is 0 Å². The van der Waals surface area contributed by atoms with Crippen molar-refractivity contribution in [1.82, 2.24) is 14.8 Å². The first kappa shape index (κ1) is 16.8. The quantitative estimate of drug-likeness (QED) is 0.469. The molecule has 1 saturated heterocycles. The number of aromatic nitrogens is 2. The Morgan fingerprint density at radius 2 is 1.71 bits per heavy atom. The van der Waals surface area contributed by atoms with Crippen molar-refractivity contribution in [2.75, 3.05) is 13.1 Å². The molecule has 4 aromatic rings. The van der Waals surface area contributed by atoms with E-state index in [4.69, 9.17) is 14.6 Å². The van der Waals surface area contributed by atoms with Crippen LogP contribution >= 0.6 is 0 Å². The zero-order chi connectivity index (χ0) is 18.8. The molecule has 0 radical (unpaired) electrons. The van der Waals surface area contributed by atoms with Gasteiger partial charge in [-0.15, -0.1) is 0 Å². The van der Waals surface area contributed by atoms with Crippen LogP contribution in [0.3, 0.4) is 0 Å². The van der Waals surface area contributed by atoms with Gasteiger partial charge < -0.3 is 4.42 Å². The lowest BCUT2D eigenvalue weighted by Crippen LogP contribution is -2.24. The number of piperidine rings is 1. The van der Waals surface area contributed by atoms with Gasteiger partial charge in [-0.3, -0.25) is 5.01 Å². The molecule has 3 heterocycles. The number of furan rings is 1. The summed E-state index contributed by atoms with van der Waals surface area (Å²) in [5, 5.41) is 12.8. The van der Waals surface area contributed by atoms with Crippen molar-refractivity contribution < 1.29 is 4.42 Å². The first-order valence-corrected chi connectivity index (χ1v) is 9.80. The maximum atomic E-state index is 6.08. The highest BCUT2D eigenvalue weighted by molar-refractivity contribution is 5.90. The van der Waals surface area contributed by atoms with E-state index in [1.54, 1.807) is 0 Å². The van der Waals surface area contributed by atoms with Crippen LogP contribution in [-0.4, -0.2) is 34.1 Å². The van der Waals surface area contributed by atoms with Crippen molar-refractivity contribution in [3.05, 3.63) is 72.4 Å². The molecule has 0 amide bonds. The lowest BCUT2D eigenvalue weighted by molar-refractivity contribution is 0.240. The van der Waals surface area contributed by atoms with Gasteiger partial charge in [0.05, 0.1) is 11.9 Å². The predicted octanol–water partition coefficient (Wildman–Crippen LogP) is 5.11. The van der Waals surface area contributed by atoms with Crippen LogP contribution in [0.2, 0.25) is 0 Å². The molecular formula is C23H22N4O. The first-order chi connectivity index (χ1) is 13.9. The van der Waals surface area contributed by atoms with Gasteiger partial charge in [-0.1, -0.05) is 36.4 Å². The largest absolute Gasteiger partial charge is 0.454 e. The third kappa shape index (κ3) is 3.31. The van der Waals surface area contributed by atoms with Crippen LogP contribution in [0.1, 0.15) is 24.8 Å². The Balaban J connectivity index is 1.57. The van der Waals surface area contributed by atoms with Crippen molar-refractivity contribution in [3.63, 3.8) is 0 Å². The summed E-state index contributed by atoms with van der Waals surface area (Å²) in [6.45, 7) is 2.03. The molecule has 140 valence electrons. The lowest BCUT2D eigenvalue weighted by Gasteiger charge is -2.23. The molecule has 0 unspecified atom stereocenters. The fourth-order valence-corrected chi connectivity index (χ4v) is 3.62. The fourth-order valence-electron chi connectivity index (χ4n) is 3.62. The topological polar surface area (TPSA) is 46.6 Å². The fraction of sp³-hybridized carbons (Fsp3) is 0.217. The Morgan fingerprint density at radius 1 is 0.929 bits per heavy atom. The van der Waals surface area contributed by atoms with Gasteiger partial charge in [0, 0.05) is 30.2 Å². The number of nitrogens with zero attached hydrogens (tertiary/aromatic N) is 4. The van der Waals surface area contributed by atoms with Crippen LogP contribution in [0.25, 0.3) is 28.1 Å². The lowest BCUT2D eigenvalue weighted by atomic mass is 10.2. The zero-order valence-corrected chi connectivity index (χ0v) is 15.7. The van der Waals surface area contributed by atoms with E-state index < -0.39 is 0 Å². The summed E-state index contributed by atoms with van der Waals surface area (Å²) in [5.74, 6) is 0.760. The van der Waals surface area contributed by atoms with Crippen LogP contribution in [0.4, 0.5) is 0 Å². The minimum atomic E-state index is 0.760. The number of hydrogen-bond donors (Lipinski definition) is 0. The summed E-state index contributed by atoms with van der Waals surface area (Å²) in [7, 11) is 0.